The molecule has 0 saturated carbocycles. The summed E-state index contributed by atoms with van der Waals surface area (Å²) in [7, 11) is 1.85. The van der Waals surface area contributed by atoms with Gasteiger partial charge in [-0.15, -0.1) is 11.3 Å². The predicted molar refractivity (Wildman–Crippen MR) is 72.1 cm³/mol. The van der Waals surface area contributed by atoms with Gasteiger partial charge in [0.15, 0.2) is 5.82 Å². The molecule has 102 valence electrons. The summed E-state index contributed by atoms with van der Waals surface area (Å²) in [6.07, 6.45) is 2.57. The van der Waals surface area contributed by atoms with Crippen molar-refractivity contribution >= 4 is 17.3 Å². The second-order valence-electron chi connectivity index (χ2n) is 4.20. The lowest BCUT2D eigenvalue weighted by Gasteiger charge is -2.00. The average molecular weight is 280 g/mol. The average Bonchev–Trinajstić information content (AvgIpc) is 2.94. The number of hydrogen-bond donors (Lipinski definition) is 2. The van der Waals surface area contributed by atoms with Gasteiger partial charge in [-0.05, 0) is 12.1 Å². The fraction of sp³-hybridized carbons (Fsp3) is 0.417. The predicted octanol–water partition coefficient (Wildman–Crippen LogP) is 0.836. The van der Waals surface area contributed by atoms with E-state index in [1.165, 1.54) is 11.3 Å². The first-order chi connectivity index (χ1) is 9.13. The van der Waals surface area contributed by atoms with Crippen LogP contribution < -0.4 is 5.32 Å². The van der Waals surface area contributed by atoms with Crippen LogP contribution in [0.1, 0.15) is 15.6 Å². The van der Waals surface area contributed by atoms with Crippen LogP contribution >= 0.6 is 11.3 Å². The summed E-state index contributed by atoms with van der Waals surface area (Å²) in [4.78, 5) is 16.7. The third-order valence-corrected chi connectivity index (χ3v) is 3.60. The lowest BCUT2D eigenvalue weighted by Crippen LogP contribution is -2.16. The van der Waals surface area contributed by atoms with E-state index in [0.717, 1.165) is 35.1 Å². The maximum Gasteiger partial charge on any atom is 0.308 e. The van der Waals surface area contributed by atoms with Gasteiger partial charge in [-0.25, -0.2) is 4.98 Å². The molecule has 2 N–H and O–H groups in total. The van der Waals surface area contributed by atoms with E-state index in [2.05, 4.69) is 15.4 Å². The van der Waals surface area contributed by atoms with E-state index in [0.29, 0.717) is 0 Å². The summed E-state index contributed by atoms with van der Waals surface area (Å²) in [5.74, 6) is 0.0373. The van der Waals surface area contributed by atoms with Crippen molar-refractivity contribution in [3.8, 4) is 0 Å². The Hall–Kier alpha value is -1.73. The maximum absolute atomic E-state index is 10.6. The summed E-state index contributed by atoms with van der Waals surface area (Å²) in [6, 6.07) is 3.84. The zero-order valence-electron chi connectivity index (χ0n) is 10.7. The molecule has 0 aliphatic rings. The summed E-state index contributed by atoms with van der Waals surface area (Å²) >= 11 is 1.53. The van der Waals surface area contributed by atoms with Crippen molar-refractivity contribution in [1.29, 1.82) is 0 Å². The molecule has 0 radical (unpaired) electrons. The highest BCUT2D eigenvalue weighted by Crippen LogP contribution is 2.16. The van der Waals surface area contributed by atoms with Gasteiger partial charge in [-0.2, -0.15) is 5.10 Å². The quantitative estimate of drug-likeness (QED) is 0.735. The molecule has 2 aromatic rings. The van der Waals surface area contributed by atoms with Gasteiger partial charge in [-0.1, -0.05) is 0 Å². The number of nitrogens with zero attached hydrogens (tertiary/aromatic N) is 3. The lowest BCUT2D eigenvalue weighted by atomic mass is 10.3. The number of carboxylic acids is 1. The zero-order valence-corrected chi connectivity index (χ0v) is 11.5. The highest BCUT2D eigenvalue weighted by atomic mass is 32.1. The van der Waals surface area contributed by atoms with Crippen molar-refractivity contribution < 1.29 is 9.90 Å². The van der Waals surface area contributed by atoms with Gasteiger partial charge in [0.2, 0.25) is 0 Å². The van der Waals surface area contributed by atoms with Crippen molar-refractivity contribution in [1.82, 2.24) is 20.1 Å². The molecular formula is C12H16N4O2S. The van der Waals surface area contributed by atoms with Crippen LogP contribution in [0.2, 0.25) is 0 Å². The molecule has 0 atom stereocenters. The molecular weight excluding hydrogens is 264 g/mol. The standard InChI is InChI=1S/C12H16N4O2S/c1-16-8-14-11(15-16)4-5-13-7-10-3-2-9(19-10)6-12(17)18/h2-3,8,13H,4-7H2,1H3,(H,17,18). The molecule has 0 aliphatic heterocycles. The minimum atomic E-state index is -0.789. The van der Waals surface area contributed by atoms with Crippen molar-refractivity contribution in [2.45, 2.75) is 19.4 Å². The normalized spacial score (nSPS) is 10.8. The monoisotopic (exact) mass is 280 g/mol. The molecule has 2 rings (SSSR count). The third-order valence-electron chi connectivity index (χ3n) is 2.51. The lowest BCUT2D eigenvalue weighted by molar-refractivity contribution is -0.136. The van der Waals surface area contributed by atoms with Crippen LogP contribution in [0, 0.1) is 0 Å². The van der Waals surface area contributed by atoms with Gasteiger partial charge in [0.25, 0.3) is 0 Å². The van der Waals surface area contributed by atoms with Gasteiger partial charge < -0.3 is 10.4 Å². The van der Waals surface area contributed by atoms with Crippen LogP contribution in [0.25, 0.3) is 0 Å². The van der Waals surface area contributed by atoms with E-state index in [4.69, 9.17) is 5.11 Å². The van der Waals surface area contributed by atoms with Gasteiger partial charge in [0, 0.05) is 36.3 Å². The Balaban J connectivity index is 1.70. The Kier molecular flexibility index (Phi) is 4.64. The largest absolute Gasteiger partial charge is 0.481 e. The number of aromatic nitrogens is 3. The van der Waals surface area contributed by atoms with E-state index in [1.54, 1.807) is 11.0 Å². The van der Waals surface area contributed by atoms with Gasteiger partial charge in [-0.3, -0.25) is 9.48 Å². The minimum Gasteiger partial charge on any atom is -0.481 e. The number of thiophene rings is 1. The first kappa shape index (κ1) is 13.7. The molecule has 0 unspecified atom stereocenters. The number of carbonyl (C=O) groups is 1. The van der Waals surface area contributed by atoms with E-state index >= 15 is 0 Å². The number of aryl methyl sites for hydroxylation is 1. The fourth-order valence-electron chi connectivity index (χ4n) is 1.67. The molecule has 6 nitrogen and oxygen atoms in total. The fourth-order valence-corrected chi connectivity index (χ4v) is 2.65. The smallest absolute Gasteiger partial charge is 0.308 e. The van der Waals surface area contributed by atoms with Gasteiger partial charge >= 0.3 is 5.97 Å². The third kappa shape index (κ3) is 4.46. The molecule has 0 aromatic carbocycles. The minimum absolute atomic E-state index is 0.0997. The van der Waals surface area contributed by atoms with E-state index in [-0.39, 0.29) is 6.42 Å². The van der Waals surface area contributed by atoms with E-state index < -0.39 is 5.97 Å². The van der Waals surface area contributed by atoms with Gasteiger partial charge in [0.1, 0.15) is 6.33 Å². The first-order valence-corrected chi connectivity index (χ1v) is 6.80. The van der Waals surface area contributed by atoms with Crippen LogP contribution in [-0.2, 0) is 31.2 Å². The van der Waals surface area contributed by atoms with Crippen molar-refractivity contribution in [3.05, 3.63) is 34.0 Å². The summed E-state index contributed by atoms with van der Waals surface area (Å²) < 4.78 is 1.69. The molecule has 0 fully saturated rings. The molecule has 7 heteroatoms. The van der Waals surface area contributed by atoms with Crippen LogP contribution in [0.4, 0.5) is 0 Å². The maximum atomic E-state index is 10.6. The Bertz CT molecular complexity index is 549. The number of hydrogen-bond acceptors (Lipinski definition) is 5. The molecule has 19 heavy (non-hydrogen) atoms. The number of rotatable bonds is 7. The second-order valence-corrected chi connectivity index (χ2v) is 5.45. The topological polar surface area (TPSA) is 80.0 Å². The molecule has 0 spiro atoms. The Morgan fingerprint density at radius 2 is 2.26 bits per heavy atom. The molecule has 0 bridgehead atoms. The van der Waals surface area contributed by atoms with E-state index in [9.17, 15) is 4.79 Å². The van der Waals surface area contributed by atoms with E-state index in [1.807, 2.05) is 19.2 Å². The first-order valence-electron chi connectivity index (χ1n) is 5.98. The molecule has 0 saturated heterocycles. The summed E-state index contributed by atoms with van der Waals surface area (Å²) in [5.41, 5.74) is 0. The SMILES string of the molecule is Cn1cnc(CCNCc2ccc(CC(=O)O)s2)n1. The van der Waals surface area contributed by atoms with Crippen LogP contribution in [0.5, 0.6) is 0 Å². The Morgan fingerprint density at radius 3 is 2.95 bits per heavy atom. The molecule has 0 aliphatic carbocycles. The van der Waals surface area contributed by atoms with Crippen LogP contribution in [-0.4, -0.2) is 32.4 Å². The number of carboxylic acid groups (broad SMARTS) is 1. The highest BCUT2D eigenvalue weighted by molar-refractivity contribution is 7.12. The van der Waals surface area contributed by atoms with Crippen LogP contribution in [0.3, 0.4) is 0 Å². The van der Waals surface area contributed by atoms with Crippen LogP contribution in [0.15, 0.2) is 18.5 Å². The van der Waals surface area contributed by atoms with Crippen molar-refractivity contribution in [2.24, 2.45) is 7.05 Å². The molecule has 2 aromatic heterocycles. The summed E-state index contributed by atoms with van der Waals surface area (Å²) in [6.45, 7) is 1.55. The Morgan fingerprint density at radius 1 is 1.47 bits per heavy atom. The molecule has 2 heterocycles. The zero-order chi connectivity index (χ0) is 13.7. The highest BCUT2D eigenvalue weighted by Gasteiger charge is 2.04. The van der Waals surface area contributed by atoms with Gasteiger partial charge in [0.05, 0.1) is 6.42 Å². The number of aliphatic carboxylic acids is 1. The van der Waals surface area contributed by atoms with Crippen molar-refractivity contribution in [3.63, 3.8) is 0 Å². The number of nitrogens with one attached hydrogen (secondary N) is 1. The Labute approximate surface area is 115 Å². The van der Waals surface area contributed by atoms with Crippen molar-refractivity contribution in [2.75, 3.05) is 6.54 Å². The second kappa shape index (κ2) is 6.44. The molecule has 0 amide bonds. The summed E-state index contributed by atoms with van der Waals surface area (Å²) in [5, 5.41) is 16.2.